The summed E-state index contributed by atoms with van der Waals surface area (Å²) in [6, 6.07) is 17.5. The molecule has 0 saturated carbocycles. The van der Waals surface area contributed by atoms with Crippen LogP contribution in [0.25, 0.3) is 5.69 Å². The van der Waals surface area contributed by atoms with Gasteiger partial charge in [-0.25, -0.2) is 14.6 Å². The molecule has 0 aliphatic heterocycles. The molecule has 7 nitrogen and oxygen atoms in total. The largest absolute Gasteiger partial charge is 0.424 e. The molecule has 0 fully saturated rings. The molecule has 5 rings (SSSR count). The Kier molecular flexibility index (Phi) is 5.85. The number of hydrogen-bond acceptors (Lipinski definition) is 5. The van der Waals surface area contributed by atoms with E-state index in [4.69, 9.17) is 9.84 Å². The van der Waals surface area contributed by atoms with Crippen LogP contribution in [0.3, 0.4) is 0 Å². The molecule has 2 aromatic heterocycles. The third-order valence-corrected chi connectivity index (χ3v) is 5.84. The molecule has 0 atom stereocenters. The summed E-state index contributed by atoms with van der Waals surface area (Å²) in [5, 5.41) is 7.82. The Morgan fingerprint density at radius 2 is 1.76 bits per heavy atom. The Morgan fingerprint density at radius 1 is 0.970 bits per heavy atom. The summed E-state index contributed by atoms with van der Waals surface area (Å²) in [7, 11) is 0. The van der Waals surface area contributed by atoms with E-state index in [9.17, 15) is 4.79 Å². The maximum absolute atomic E-state index is 13.3. The van der Waals surface area contributed by atoms with Gasteiger partial charge in [-0.2, -0.15) is 5.10 Å². The standard InChI is InChI=1S/C26H25N5O2/c1-18-17-20(33-26-27-15-8-16-28-26)13-14-22(18)29-25(32)24-21-11-6-3-7-12-23(21)31(30-24)19-9-4-2-5-10-19/h2,4-5,8-10,13-17H,3,6-7,11-12H2,1H3,(H,29,32). The van der Waals surface area contributed by atoms with E-state index in [2.05, 4.69) is 15.3 Å². The fourth-order valence-corrected chi connectivity index (χ4v) is 4.21. The Hall–Kier alpha value is -4.00. The third-order valence-electron chi connectivity index (χ3n) is 5.84. The first kappa shape index (κ1) is 20.9. The topological polar surface area (TPSA) is 81.9 Å². The van der Waals surface area contributed by atoms with Crippen LogP contribution in [0.5, 0.6) is 11.8 Å². The Morgan fingerprint density at radius 3 is 2.55 bits per heavy atom. The number of carbonyl (C=O) groups excluding carboxylic acids is 1. The summed E-state index contributed by atoms with van der Waals surface area (Å²) in [4.78, 5) is 21.5. The molecule has 7 heteroatoms. The second-order valence-electron chi connectivity index (χ2n) is 8.15. The lowest BCUT2D eigenvalue weighted by Gasteiger charge is -2.10. The van der Waals surface area contributed by atoms with Gasteiger partial charge in [0.1, 0.15) is 5.75 Å². The molecular formula is C26H25N5O2. The van der Waals surface area contributed by atoms with Crippen molar-refractivity contribution in [3.8, 4) is 17.4 Å². The van der Waals surface area contributed by atoms with Crippen molar-refractivity contribution in [1.29, 1.82) is 0 Å². The average Bonchev–Trinajstić information content (AvgIpc) is 3.03. The van der Waals surface area contributed by atoms with E-state index < -0.39 is 0 Å². The first-order valence-corrected chi connectivity index (χ1v) is 11.2. The van der Waals surface area contributed by atoms with Crippen molar-refractivity contribution in [2.24, 2.45) is 0 Å². The van der Waals surface area contributed by atoms with Gasteiger partial charge in [-0.1, -0.05) is 24.6 Å². The number of fused-ring (bicyclic) bond motifs is 1. The minimum Gasteiger partial charge on any atom is -0.424 e. The molecule has 4 aromatic rings. The molecule has 1 N–H and O–H groups in total. The van der Waals surface area contributed by atoms with Gasteiger partial charge in [0.25, 0.3) is 5.91 Å². The maximum atomic E-state index is 13.3. The van der Waals surface area contributed by atoms with Crippen LogP contribution in [0.4, 0.5) is 5.69 Å². The quantitative estimate of drug-likeness (QED) is 0.428. The lowest BCUT2D eigenvalue weighted by molar-refractivity contribution is 0.102. The molecule has 2 heterocycles. The SMILES string of the molecule is Cc1cc(Oc2ncccn2)ccc1NC(=O)c1nn(-c2ccccc2)c2c1CCCCC2. The Balaban J connectivity index is 1.41. The van der Waals surface area contributed by atoms with Crippen molar-refractivity contribution < 1.29 is 9.53 Å². The summed E-state index contributed by atoms with van der Waals surface area (Å²) in [5.41, 5.74) is 5.30. The minimum absolute atomic E-state index is 0.189. The zero-order valence-corrected chi connectivity index (χ0v) is 18.5. The summed E-state index contributed by atoms with van der Waals surface area (Å²) in [6.07, 6.45) is 8.39. The highest BCUT2D eigenvalue weighted by molar-refractivity contribution is 6.04. The van der Waals surface area contributed by atoms with Gasteiger partial charge in [-0.15, -0.1) is 0 Å². The summed E-state index contributed by atoms with van der Waals surface area (Å²) in [5.74, 6) is 0.421. The number of nitrogens with zero attached hydrogens (tertiary/aromatic N) is 4. The molecule has 33 heavy (non-hydrogen) atoms. The smallest absolute Gasteiger partial charge is 0.321 e. The number of para-hydroxylation sites is 1. The number of rotatable bonds is 5. The first-order valence-electron chi connectivity index (χ1n) is 11.2. The summed E-state index contributed by atoms with van der Waals surface area (Å²) < 4.78 is 7.64. The van der Waals surface area contributed by atoms with E-state index >= 15 is 0 Å². The predicted molar refractivity (Wildman–Crippen MR) is 126 cm³/mol. The lowest BCUT2D eigenvalue weighted by Crippen LogP contribution is -2.15. The zero-order valence-electron chi connectivity index (χ0n) is 18.5. The van der Waals surface area contributed by atoms with Gasteiger partial charge in [0.05, 0.1) is 5.69 Å². The van der Waals surface area contributed by atoms with E-state index in [1.54, 1.807) is 24.5 Å². The van der Waals surface area contributed by atoms with E-state index in [0.717, 1.165) is 60.3 Å². The van der Waals surface area contributed by atoms with Crippen LogP contribution < -0.4 is 10.1 Å². The van der Waals surface area contributed by atoms with Crippen LogP contribution >= 0.6 is 0 Å². The molecule has 0 saturated heterocycles. The van der Waals surface area contributed by atoms with Gasteiger partial charge in [0, 0.05) is 29.3 Å². The maximum Gasteiger partial charge on any atom is 0.321 e. The molecule has 1 aliphatic carbocycles. The molecule has 166 valence electrons. The van der Waals surface area contributed by atoms with Crippen LogP contribution in [0.1, 0.15) is 46.6 Å². The number of amides is 1. The average molecular weight is 440 g/mol. The van der Waals surface area contributed by atoms with Crippen molar-refractivity contribution in [3.05, 3.63) is 89.5 Å². The lowest BCUT2D eigenvalue weighted by atomic mass is 10.1. The number of carbonyl (C=O) groups is 1. The highest BCUT2D eigenvalue weighted by Crippen LogP contribution is 2.28. The first-order chi connectivity index (χ1) is 16.2. The molecule has 2 aromatic carbocycles. The van der Waals surface area contributed by atoms with Crippen LogP contribution in [0, 0.1) is 6.92 Å². The Bertz CT molecular complexity index is 1270. The van der Waals surface area contributed by atoms with Crippen LogP contribution in [-0.2, 0) is 12.8 Å². The highest BCUT2D eigenvalue weighted by Gasteiger charge is 2.25. The van der Waals surface area contributed by atoms with Crippen molar-refractivity contribution in [1.82, 2.24) is 19.7 Å². The minimum atomic E-state index is -0.189. The number of anilines is 1. The molecule has 1 amide bonds. The summed E-state index contributed by atoms with van der Waals surface area (Å²) >= 11 is 0. The van der Waals surface area contributed by atoms with Crippen molar-refractivity contribution in [2.45, 2.75) is 39.0 Å². The van der Waals surface area contributed by atoms with Gasteiger partial charge < -0.3 is 10.1 Å². The fraction of sp³-hybridized carbons (Fsp3) is 0.231. The van der Waals surface area contributed by atoms with Crippen LogP contribution in [0.15, 0.2) is 67.0 Å². The van der Waals surface area contributed by atoms with Gasteiger partial charge >= 0.3 is 6.01 Å². The van der Waals surface area contributed by atoms with Crippen LogP contribution in [-0.4, -0.2) is 25.7 Å². The van der Waals surface area contributed by atoms with Crippen LogP contribution in [0.2, 0.25) is 0 Å². The number of benzene rings is 2. The normalized spacial score (nSPS) is 13.1. The van der Waals surface area contributed by atoms with Gasteiger partial charge in [0.2, 0.25) is 0 Å². The van der Waals surface area contributed by atoms with E-state index in [1.807, 2.05) is 54.1 Å². The zero-order chi connectivity index (χ0) is 22.6. The molecular weight excluding hydrogens is 414 g/mol. The Labute approximate surface area is 192 Å². The van der Waals surface area contributed by atoms with Crippen molar-refractivity contribution in [3.63, 3.8) is 0 Å². The van der Waals surface area contributed by atoms with E-state index in [-0.39, 0.29) is 11.9 Å². The van der Waals surface area contributed by atoms with E-state index in [1.165, 1.54) is 0 Å². The fourth-order valence-electron chi connectivity index (χ4n) is 4.21. The molecule has 0 spiro atoms. The van der Waals surface area contributed by atoms with Gasteiger partial charge in [-0.3, -0.25) is 4.79 Å². The van der Waals surface area contributed by atoms with Gasteiger partial charge in [-0.05, 0) is 74.6 Å². The van der Waals surface area contributed by atoms with Crippen molar-refractivity contribution >= 4 is 11.6 Å². The predicted octanol–water partition coefficient (Wildman–Crippen LogP) is 5.28. The monoisotopic (exact) mass is 439 g/mol. The highest BCUT2D eigenvalue weighted by atomic mass is 16.5. The van der Waals surface area contributed by atoms with E-state index in [0.29, 0.717) is 11.4 Å². The number of nitrogens with one attached hydrogen (secondary N) is 1. The molecule has 0 bridgehead atoms. The summed E-state index contributed by atoms with van der Waals surface area (Å²) in [6.45, 7) is 1.93. The third kappa shape index (κ3) is 4.48. The second-order valence-corrected chi connectivity index (χ2v) is 8.15. The van der Waals surface area contributed by atoms with Crippen molar-refractivity contribution in [2.75, 3.05) is 5.32 Å². The second kappa shape index (κ2) is 9.24. The number of hydrogen-bond donors (Lipinski definition) is 1. The van der Waals surface area contributed by atoms with Gasteiger partial charge in [0.15, 0.2) is 5.69 Å². The number of aromatic nitrogens is 4. The molecule has 0 unspecified atom stereocenters. The number of aryl methyl sites for hydroxylation is 1. The molecule has 0 radical (unpaired) electrons. The number of ether oxygens (including phenoxy) is 1. The molecule has 1 aliphatic rings.